The van der Waals surface area contributed by atoms with Crippen molar-refractivity contribution in [3.8, 4) is 0 Å². The fourth-order valence-corrected chi connectivity index (χ4v) is 23.5. The zero-order valence-corrected chi connectivity index (χ0v) is 21.8. The van der Waals surface area contributed by atoms with Crippen LogP contribution in [0.3, 0.4) is 0 Å². The van der Waals surface area contributed by atoms with Gasteiger partial charge in [-0.25, -0.2) is 4.44 Å². The van der Waals surface area contributed by atoms with Gasteiger partial charge in [-0.1, -0.05) is 41.5 Å². The molecule has 26 heavy (non-hydrogen) atoms. The topological polar surface area (TPSA) is 15.4 Å². The van der Waals surface area contributed by atoms with E-state index < -0.39 is 6.89 Å². The first-order valence-electron chi connectivity index (χ1n) is 11.1. The zero-order chi connectivity index (χ0) is 20.6. The van der Waals surface area contributed by atoms with Crippen molar-refractivity contribution in [2.75, 3.05) is 0 Å². The predicted octanol–water partition coefficient (Wildman–Crippen LogP) is 9.26. The van der Waals surface area contributed by atoms with Crippen LogP contribution in [0.2, 0.25) is 0 Å². The Morgan fingerprint density at radius 3 is 1.31 bits per heavy atom. The van der Waals surface area contributed by atoms with E-state index in [0.717, 1.165) is 0 Å². The van der Waals surface area contributed by atoms with Gasteiger partial charge in [0.1, 0.15) is 0 Å². The van der Waals surface area contributed by atoms with Crippen molar-refractivity contribution >= 4 is 14.7 Å². The smallest absolute Gasteiger partial charge is 0.0792 e. The molecule has 0 aliphatic carbocycles. The van der Waals surface area contributed by atoms with E-state index in [9.17, 15) is 0 Å². The minimum atomic E-state index is -1.54. The van der Waals surface area contributed by atoms with Gasteiger partial charge in [-0.3, -0.25) is 4.74 Å². The van der Waals surface area contributed by atoms with Crippen LogP contribution in [-0.2, 0) is 0 Å². The largest absolute Gasteiger partial charge is 0.276 e. The molecule has 0 amide bonds. The molecule has 0 bridgehead atoms. The lowest BCUT2D eigenvalue weighted by Gasteiger charge is -2.39. The highest BCUT2D eigenvalue weighted by Crippen LogP contribution is 3.11. The van der Waals surface area contributed by atoms with Gasteiger partial charge in [0.2, 0.25) is 0 Å². The van der Waals surface area contributed by atoms with Crippen LogP contribution in [-0.4, -0.2) is 25.8 Å². The third-order valence-electron chi connectivity index (χ3n) is 6.73. The van der Waals surface area contributed by atoms with E-state index in [2.05, 4.69) is 87.5 Å². The molecule has 0 N–H and O–H groups in total. The highest BCUT2D eigenvalue weighted by molar-refractivity contribution is 8.47. The summed E-state index contributed by atoms with van der Waals surface area (Å²) in [4.78, 5) is 0. The summed E-state index contributed by atoms with van der Waals surface area (Å²) in [6, 6.07) is 0. The number of rotatable bonds is 8. The molecule has 1 rings (SSSR count). The minimum absolute atomic E-state index is 0.0418. The van der Waals surface area contributed by atoms with Crippen LogP contribution in [0, 0.1) is 0 Å². The molecule has 1 unspecified atom stereocenters. The second-order valence-corrected chi connectivity index (χ2v) is 17.9. The van der Waals surface area contributed by atoms with Crippen molar-refractivity contribution < 1.29 is 0 Å². The molecular formula is C22H48N2P2. The summed E-state index contributed by atoms with van der Waals surface area (Å²) in [6.45, 7) is 27.4. The van der Waals surface area contributed by atoms with E-state index in [0.29, 0.717) is 10.3 Å². The van der Waals surface area contributed by atoms with E-state index in [1.807, 2.05) is 0 Å². The second-order valence-electron chi connectivity index (χ2n) is 10.2. The summed E-state index contributed by atoms with van der Waals surface area (Å²) in [5, 5.41) is 0.861. The molecule has 0 aromatic heterocycles. The van der Waals surface area contributed by atoms with Crippen LogP contribution in [0.25, 0.3) is 0 Å². The Morgan fingerprint density at radius 1 is 0.692 bits per heavy atom. The quantitative estimate of drug-likeness (QED) is 0.292. The summed E-state index contributed by atoms with van der Waals surface area (Å²) >= 11 is 0. The standard InChI is InChI=1S/C22H48N2P2/c1-13-21(14-2,15-3)25-24(20(10,11)12)26(25,23-19(7,8)9)22(16-4,17-5)18-6/h13-18H2,1-12H3/t24?,25-,26+/m0/s1. The third kappa shape index (κ3) is 3.86. The van der Waals surface area contributed by atoms with E-state index in [1.54, 1.807) is 0 Å². The molecule has 1 fully saturated rings. The lowest BCUT2D eigenvalue weighted by molar-refractivity contribution is 0.388. The number of nitrogens with zero attached hydrogens (tertiary/aromatic N) is 2. The van der Waals surface area contributed by atoms with Crippen LogP contribution in [0.1, 0.15) is 122 Å². The molecule has 0 aromatic rings. The van der Waals surface area contributed by atoms with Gasteiger partial charge in [0.15, 0.2) is 0 Å². The fraction of sp³-hybridized carbons (Fsp3) is 1.00. The number of hydrogen-bond acceptors (Lipinski definition) is 1. The van der Waals surface area contributed by atoms with Gasteiger partial charge in [-0.15, -0.1) is 0 Å². The van der Waals surface area contributed by atoms with E-state index in [1.165, 1.54) is 38.5 Å². The molecule has 1 aliphatic rings. The SMILES string of the molecule is CCC(CC)(CC)[P@@]1N(C(C)(C)C)[P@]1(=NC(C)(C)C)C(CC)(CC)CC. The first-order valence-corrected chi connectivity index (χ1v) is 14.8. The van der Waals surface area contributed by atoms with Crippen LogP contribution in [0.5, 0.6) is 0 Å². The summed E-state index contributed by atoms with van der Waals surface area (Å²) in [5.74, 6) is 0. The summed E-state index contributed by atoms with van der Waals surface area (Å²) in [5.41, 5.74) is 0.254. The molecule has 0 saturated carbocycles. The van der Waals surface area contributed by atoms with E-state index in [4.69, 9.17) is 4.74 Å². The van der Waals surface area contributed by atoms with Crippen molar-refractivity contribution in [3.05, 3.63) is 0 Å². The second kappa shape index (κ2) is 8.16. The van der Waals surface area contributed by atoms with Crippen LogP contribution < -0.4 is 0 Å². The Kier molecular flexibility index (Phi) is 7.74. The lowest BCUT2D eigenvalue weighted by atomic mass is 9.99. The van der Waals surface area contributed by atoms with E-state index in [-0.39, 0.29) is 18.8 Å². The van der Waals surface area contributed by atoms with Gasteiger partial charge in [0.05, 0.1) is 12.4 Å². The van der Waals surface area contributed by atoms with Crippen molar-refractivity contribution in [1.82, 2.24) is 4.44 Å². The summed E-state index contributed by atoms with van der Waals surface area (Å²) in [6.07, 6.45) is 7.71. The van der Waals surface area contributed by atoms with Crippen molar-refractivity contribution in [2.45, 2.75) is 143 Å². The van der Waals surface area contributed by atoms with Gasteiger partial charge in [0.25, 0.3) is 0 Å². The average molecular weight is 403 g/mol. The van der Waals surface area contributed by atoms with Gasteiger partial charge in [-0.2, -0.15) is 0 Å². The molecule has 3 atom stereocenters. The monoisotopic (exact) mass is 402 g/mol. The maximum absolute atomic E-state index is 5.84. The third-order valence-corrected chi connectivity index (χ3v) is 20.2. The normalized spacial score (nSPS) is 27.5. The molecule has 156 valence electrons. The Balaban J connectivity index is 3.91. The highest BCUT2D eigenvalue weighted by Gasteiger charge is 2.73. The van der Waals surface area contributed by atoms with Crippen LogP contribution in [0.4, 0.5) is 0 Å². The van der Waals surface area contributed by atoms with Gasteiger partial charge < -0.3 is 0 Å². The van der Waals surface area contributed by atoms with E-state index >= 15 is 0 Å². The Hall–Kier alpha value is 0.620. The van der Waals surface area contributed by atoms with Gasteiger partial charge in [0, 0.05) is 23.6 Å². The maximum atomic E-state index is 5.84. The average Bonchev–Trinajstić information content (AvgIpc) is 3.21. The Bertz CT molecular complexity index is 501. The molecule has 1 heterocycles. The van der Waals surface area contributed by atoms with Crippen molar-refractivity contribution in [2.24, 2.45) is 4.74 Å². The molecule has 1 aliphatic heterocycles. The highest BCUT2D eigenvalue weighted by atomic mass is 32.1. The van der Waals surface area contributed by atoms with Crippen LogP contribution in [0.15, 0.2) is 4.74 Å². The fourth-order valence-electron chi connectivity index (χ4n) is 4.96. The maximum Gasteiger partial charge on any atom is 0.0792 e. The Morgan fingerprint density at radius 2 is 1.08 bits per heavy atom. The predicted molar refractivity (Wildman–Crippen MR) is 125 cm³/mol. The first-order chi connectivity index (χ1) is 11.8. The van der Waals surface area contributed by atoms with Crippen LogP contribution >= 0.6 is 14.7 Å². The summed E-state index contributed by atoms with van der Waals surface area (Å²) < 4.78 is 8.85. The number of hydrogen-bond donors (Lipinski definition) is 0. The first kappa shape index (κ1) is 24.7. The Labute approximate surface area is 167 Å². The van der Waals surface area contributed by atoms with Crippen molar-refractivity contribution in [1.29, 1.82) is 0 Å². The molecule has 2 nitrogen and oxygen atoms in total. The minimum Gasteiger partial charge on any atom is -0.276 e. The molecule has 0 radical (unpaired) electrons. The summed E-state index contributed by atoms with van der Waals surface area (Å²) in [7, 11) is -0.190. The van der Waals surface area contributed by atoms with Gasteiger partial charge in [-0.05, 0) is 80.1 Å². The molecule has 0 spiro atoms. The molecule has 4 heteroatoms. The molecule has 1 saturated heterocycles. The zero-order valence-electron chi connectivity index (χ0n) is 20.0. The molecular weight excluding hydrogens is 354 g/mol. The van der Waals surface area contributed by atoms with Crippen molar-refractivity contribution in [3.63, 3.8) is 0 Å². The molecule has 0 aromatic carbocycles. The lowest BCUT2D eigenvalue weighted by Crippen LogP contribution is -2.31. The van der Waals surface area contributed by atoms with Gasteiger partial charge >= 0.3 is 0 Å².